The Labute approximate surface area is 127 Å². The lowest BCUT2D eigenvalue weighted by molar-refractivity contribution is 0.438. The van der Waals surface area contributed by atoms with E-state index in [-0.39, 0.29) is 12.1 Å². The number of thiophene rings is 2. The van der Waals surface area contributed by atoms with Gasteiger partial charge in [-0.05, 0) is 35.7 Å². The van der Waals surface area contributed by atoms with E-state index in [0.29, 0.717) is 11.5 Å². The van der Waals surface area contributed by atoms with Crippen molar-refractivity contribution in [1.82, 2.24) is 5.32 Å². The predicted molar refractivity (Wildman–Crippen MR) is 85.3 cm³/mol. The first-order valence-electron chi connectivity index (χ1n) is 6.67. The summed E-state index contributed by atoms with van der Waals surface area (Å²) in [6.07, 6.45) is 1.44. The van der Waals surface area contributed by atoms with Crippen LogP contribution in [0, 0.1) is 0 Å². The molecule has 0 amide bonds. The lowest BCUT2D eigenvalue weighted by atomic mass is 10.1. The SMILES string of the molecule is O=S1(=O)CCC(NC(c2cccs2)c2cccs2)CC1. The summed E-state index contributed by atoms with van der Waals surface area (Å²) in [6.45, 7) is 0. The van der Waals surface area contributed by atoms with E-state index in [1.165, 1.54) is 9.75 Å². The first-order valence-corrected chi connectivity index (χ1v) is 10.3. The van der Waals surface area contributed by atoms with Crippen molar-refractivity contribution in [3.8, 4) is 0 Å². The second-order valence-electron chi connectivity index (χ2n) is 5.06. The summed E-state index contributed by atoms with van der Waals surface area (Å²) in [7, 11) is -2.79. The number of rotatable bonds is 4. The molecular formula is C14H17NO2S3. The van der Waals surface area contributed by atoms with Crippen LogP contribution in [-0.2, 0) is 9.84 Å². The molecule has 0 unspecified atom stereocenters. The minimum Gasteiger partial charge on any atom is -0.302 e. The number of nitrogens with one attached hydrogen (secondary N) is 1. The highest BCUT2D eigenvalue weighted by molar-refractivity contribution is 7.91. The van der Waals surface area contributed by atoms with Gasteiger partial charge < -0.3 is 5.32 Å². The van der Waals surface area contributed by atoms with Crippen molar-refractivity contribution >= 4 is 32.5 Å². The van der Waals surface area contributed by atoms with Gasteiger partial charge in [-0.3, -0.25) is 0 Å². The summed E-state index contributed by atoms with van der Waals surface area (Å²) in [5.74, 6) is 0.624. The highest BCUT2D eigenvalue weighted by atomic mass is 32.2. The van der Waals surface area contributed by atoms with Crippen molar-refractivity contribution in [3.63, 3.8) is 0 Å². The number of hydrogen-bond donors (Lipinski definition) is 1. The third-order valence-electron chi connectivity index (χ3n) is 3.61. The van der Waals surface area contributed by atoms with E-state index in [1.54, 1.807) is 22.7 Å². The van der Waals surface area contributed by atoms with E-state index in [1.807, 2.05) is 0 Å². The molecule has 1 aliphatic rings. The molecule has 1 fully saturated rings. The van der Waals surface area contributed by atoms with E-state index < -0.39 is 9.84 Å². The van der Waals surface area contributed by atoms with Crippen LogP contribution in [0.25, 0.3) is 0 Å². The Bertz CT molecular complexity index is 584. The molecule has 3 nitrogen and oxygen atoms in total. The highest BCUT2D eigenvalue weighted by Gasteiger charge is 2.27. The summed E-state index contributed by atoms with van der Waals surface area (Å²) >= 11 is 3.49. The first kappa shape index (κ1) is 14.3. The van der Waals surface area contributed by atoms with Gasteiger partial charge in [-0.25, -0.2) is 8.42 Å². The molecule has 108 valence electrons. The Kier molecular flexibility index (Phi) is 4.26. The van der Waals surface area contributed by atoms with E-state index in [9.17, 15) is 8.42 Å². The Morgan fingerprint density at radius 1 is 1.05 bits per heavy atom. The molecule has 1 N–H and O–H groups in total. The smallest absolute Gasteiger partial charge is 0.150 e. The van der Waals surface area contributed by atoms with Gasteiger partial charge in [0.15, 0.2) is 0 Å². The third-order valence-corrected chi connectivity index (χ3v) is 7.20. The van der Waals surface area contributed by atoms with Crippen LogP contribution < -0.4 is 5.32 Å². The largest absolute Gasteiger partial charge is 0.302 e. The summed E-state index contributed by atoms with van der Waals surface area (Å²) in [5, 5.41) is 7.83. The molecule has 0 aliphatic carbocycles. The molecule has 0 spiro atoms. The molecule has 3 heterocycles. The van der Waals surface area contributed by atoms with Crippen LogP contribution >= 0.6 is 22.7 Å². The fourth-order valence-corrected chi connectivity index (χ4v) is 5.68. The standard InChI is InChI=1S/C14H17NO2S3/c16-20(17)9-5-11(6-10-20)15-14(12-3-1-7-18-12)13-4-2-8-19-13/h1-4,7-8,11,14-15H,5-6,9-10H2. The summed E-state index contributed by atoms with van der Waals surface area (Å²) in [4.78, 5) is 2.58. The Hall–Kier alpha value is -0.690. The van der Waals surface area contributed by atoms with Crippen LogP contribution in [-0.4, -0.2) is 26.0 Å². The van der Waals surface area contributed by atoms with Crippen LogP contribution in [0.3, 0.4) is 0 Å². The van der Waals surface area contributed by atoms with E-state index >= 15 is 0 Å². The van der Waals surface area contributed by atoms with Gasteiger partial charge in [-0.15, -0.1) is 22.7 Å². The average Bonchev–Trinajstić information content (AvgIpc) is 3.11. The van der Waals surface area contributed by atoms with Crippen molar-refractivity contribution in [2.75, 3.05) is 11.5 Å². The highest BCUT2D eigenvalue weighted by Crippen LogP contribution is 2.30. The molecule has 2 aromatic rings. The van der Waals surface area contributed by atoms with Crippen molar-refractivity contribution in [1.29, 1.82) is 0 Å². The number of sulfone groups is 1. The molecule has 20 heavy (non-hydrogen) atoms. The van der Waals surface area contributed by atoms with Crippen LogP contribution in [0.2, 0.25) is 0 Å². The molecule has 0 aromatic carbocycles. The van der Waals surface area contributed by atoms with E-state index in [0.717, 1.165) is 12.8 Å². The predicted octanol–water partition coefficient (Wildman–Crippen LogP) is 3.07. The first-order chi connectivity index (χ1) is 9.64. The van der Waals surface area contributed by atoms with Gasteiger partial charge in [0.2, 0.25) is 0 Å². The minimum atomic E-state index is -2.79. The molecule has 0 bridgehead atoms. The maximum atomic E-state index is 11.5. The van der Waals surface area contributed by atoms with E-state index in [4.69, 9.17) is 0 Å². The average molecular weight is 327 g/mol. The van der Waals surface area contributed by atoms with Gasteiger partial charge in [0.1, 0.15) is 9.84 Å². The molecule has 3 rings (SSSR count). The zero-order valence-corrected chi connectivity index (χ0v) is 13.4. The zero-order valence-electron chi connectivity index (χ0n) is 11.0. The Balaban J connectivity index is 1.75. The van der Waals surface area contributed by atoms with Gasteiger partial charge in [0.05, 0.1) is 17.5 Å². The minimum absolute atomic E-state index is 0.195. The van der Waals surface area contributed by atoms with Crippen molar-refractivity contribution in [2.24, 2.45) is 0 Å². The van der Waals surface area contributed by atoms with Gasteiger partial charge in [-0.2, -0.15) is 0 Å². The molecule has 1 saturated heterocycles. The van der Waals surface area contributed by atoms with Crippen LogP contribution in [0.1, 0.15) is 28.6 Å². The van der Waals surface area contributed by atoms with Crippen molar-refractivity contribution < 1.29 is 8.42 Å². The fourth-order valence-electron chi connectivity index (χ4n) is 2.51. The van der Waals surface area contributed by atoms with Crippen molar-refractivity contribution in [2.45, 2.75) is 24.9 Å². The molecule has 0 saturated carbocycles. The van der Waals surface area contributed by atoms with Gasteiger partial charge in [0.25, 0.3) is 0 Å². The maximum Gasteiger partial charge on any atom is 0.150 e. The lowest BCUT2D eigenvalue weighted by Crippen LogP contribution is -2.39. The molecule has 0 radical (unpaired) electrons. The van der Waals surface area contributed by atoms with Gasteiger partial charge >= 0.3 is 0 Å². The van der Waals surface area contributed by atoms with E-state index in [2.05, 4.69) is 40.3 Å². The molecule has 1 aliphatic heterocycles. The van der Waals surface area contributed by atoms with Crippen molar-refractivity contribution in [3.05, 3.63) is 44.8 Å². The Morgan fingerprint density at radius 2 is 1.60 bits per heavy atom. The van der Waals surface area contributed by atoms with Gasteiger partial charge in [0, 0.05) is 15.8 Å². The summed E-state index contributed by atoms with van der Waals surface area (Å²) in [5.41, 5.74) is 0. The third kappa shape index (κ3) is 3.31. The summed E-state index contributed by atoms with van der Waals surface area (Å²) < 4.78 is 23.0. The van der Waals surface area contributed by atoms with Gasteiger partial charge in [-0.1, -0.05) is 12.1 Å². The topological polar surface area (TPSA) is 46.2 Å². The zero-order chi connectivity index (χ0) is 14.0. The number of hydrogen-bond acceptors (Lipinski definition) is 5. The van der Waals surface area contributed by atoms with Crippen LogP contribution in [0.4, 0.5) is 0 Å². The molecular weight excluding hydrogens is 310 g/mol. The second kappa shape index (κ2) is 5.97. The molecule has 2 aromatic heterocycles. The summed E-state index contributed by atoms with van der Waals surface area (Å²) in [6, 6.07) is 8.89. The molecule has 6 heteroatoms. The lowest BCUT2D eigenvalue weighted by Gasteiger charge is -2.27. The molecule has 0 atom stereocenters. The normalized spacial score (nSPS) is 19.4. The maximum absolute atomic E-state index is 11.5. The monoisotopic (exact) mass is 327 g/mol. The Morgan fingerprint density at radius 3 is 2.05 bits per heavy atom. The van der Waals surface area contributed by atoms with Crippen LogP contribution in [0.5, 0.6) is 0 Å². The quantitative estimate of drug-likeness (QED) is 0.939. The second-order valence-corrected chi connectivity index (χ2v) is 9.32. The fraction of sp³-hybridized carbons (Fsp3) is 0.429. The van der Waals surface area contributed by atoms with Crippen LogP contribution in [0.15, 0.2) is 35.0 Å².